The van der Waals surface area contributed by atoms with Crippen LogP contribution in [0.1, 0.15) is 24.2 Å². The first-order valence-electron chi connectivity index (χ1n) is 7.48. The van der Waals surface area contributed by atoms with E-state index in [0.29, 0.717) is 23.8 Å². The molecule has 2 aromatic rings. The van der Waals surface area contributed by atoms with E-state index in [-0.39, 0.29) is 10.5 Å². The van der Waals surface area contributed by atoms with E-state index < -0.39 is 16.0 Å². The molecule has 0 unspecified atom stereocenters. The molecule has 0 fully saturated rings. The number of benzene rings is 2. The zero-order valence-corrected chi connectivity index (χ0v) is 14.3. The van der Waals surface area contributed by atoms with Gasteiger partial charge in [0.05, 0.1) is 10.5 Å². The number of anilines is 2. The Morgan fingerprint density at radius 3 is 2.38 bits per heavy atom. The van der Waals surface area contributed by atoms with Crippen LogP contribution in [0.3, 0.4) is 0 Å². The molecule has 0 heterocycles. The number of hydrogen-bond acceptors (Lipinski definition) is 4. The van der Waals surface area contributed by atoms with Crippen LogP contribution in [0.2, 0.25) is 0 Å². The van der Waals surface area contributed by atoms with Gasteiger partial charge in [-0.05, 0) is 36.2 Å². The zero-order valence-electron chi connectivity index (χ0n) is 13.5. The third kappa shape index (κ3) is 4.48. The number of carbonyl (C=O) groups is 1. The Morgan fingerprint density at radius 1 is 1.12 bits per heavy atom. The van der Waals surface area contributed by atoms with Gasteiger partial charge in [0.1, 0.15) is 0 Å². The van der Waals surface area contributed by atoms with E-state index >= 15 is 0 Å². The van der Waals surface area contributed by atoms with Crippen molar-refractivity contribution in [3.05, 3.63) is 54.1 Å². The lowest BCUT2D eigenvalue weighted by molar-refractivity contribution is 0.0697. The summed E-state index contributed by atoms with van der Waals surface area (Å²) < 4.78 is 27.3. The standard InChI is InChI=1S/C17H20N2O4S/c1-12(2)11-18-16-9-8-14(10-15(16)17(20)21)24(22,23)19-13-6-4-3-5-7-13/h3-10,12,18-19H,11H2,1-2H3,(H,20,21). The molecule has 0 saturated heterocycles. The Labute approximate surface area is 141 Å². The number of aromatic carboxylic acids is 1. The lowest BCUT2D eigenvalue weighted by Crippen LogP contribution is -2.16. The number of carboxylic acids is 1. The van der Waals surface area contributed by atoms with Crippen molar-refractivity contribution in [1.82, 2.24) is 0 Å². The first-order chi connectivity index (χ1) is 11.3. The summed E-state index contributed by atoms with van der Waals surface area (Å²) in [5, 5.41) is 12.4. The van der Waals surface area contributed by atoms with Gasteiger partial charge < -0.3 is 10.4 Å². The van der Waals surface area contributed by atoms with E-state index in [9.17, 15) is 18.3 Å². The Bertz CT molecular complexity index is 818. The fraction of sp³-hybridized carbons (Fsp3) is 0.235. The predicted molar refractivity (Wildman–Crippen MR) is 94.0 cm³/mol. The van der Waals surface area contributed by atoms with E-state index in [0.717, 1.165) is 6.07 Å². The minimum Gasteiger partial charge on any atom is -0.478 e. The van der Waals surface area contributed by atoms with Crippen LogP contribution in [-0.2, 0) is 10.0 Å². The van der Waals surface area contributed by atoms with E-state index in [1.54, 1.807) is 30.3 Å². The van der Waals surface area contributed by atoms with Crippen LogP contribution in [0.25, 0.3) is 0 Å². The summed E-state index contributed by atoms with van der Waals surface area (Å²) in [7, 11) is -3.86. The number of hydrogen-bond donors (Lipinski definition) is 3. The third-order valence-electron chi connectivity index (χ3n) is 3.26. The molecule has 0 amide bonds. The topological polar surface area (TPSA) is 95.5 Å². The smallest absolute Gasteiger partial charge is 0.337 e. The molecular weight excluding hydrogens is 328 g/mol. The van der Waals surface area contributed by atoms with Crippen LogP contribution < -0.4 is 10.0 Å². The lowest BCUT2D eigenvalue weighted by atomic mass is 10.1. The average molecular weight is 348 g/mol. The van der Waals surface area contributed by atoms with Crippen molar-refractivity contribution >= 4 is 27.4 Å². The van der Waals surface area contributed by atoms with Crippen molar-refractivity contribution in [2.75, 3.05) is 16.6 Å². The first-order valence-corrected chi connectivity index (χ1v) is 8.97. The highest BCUT2D eigenvalue weighted by molar-refractivity contribution is 7.92. The van der Waals surface area contributed by atoms with Gasteiger partial charge in [0.15, 0.2) is 0 Å². The molecule has 3 N–H and O–H groups in total. The number of rotatable bonds is 7. The van der Waals surface area contributed by atoms with Crippen LogP contribution in [0.4, 0.5) is 11.4 Å². The molecule has 6 nitrogen and oxygen atoms in total. The molecule has 0 aromatic heterocycles. The highest BCUT2D eigenvalue weighted by atomic mass is 32.2. The van der Waals surface area contributed by atoms with Gasteiger partial charge in [-0.2, -0.15) is 0 Å². The van der Waals surface area contributed by atoms with Crippen molar-refractivity contribution in [3.63, 3.8) is 0 Å². The minimum absolute atomic E-state index is 0.0772. The number of nitrogens with one attached hydrogen (secondary N) is 2. The fourth-order valence-corrected chi connectivity index (χ4v) is 3.14. The molecule has 0 radical (unpaired) electrons. The summed E-state index contributed by atoms with van der Waals surface area (Å²) in [6.45, 7) is 4.58. The second kappa shape index (κ2) is 7.35. The van der Waals surface area contributed by atoms with Crippen molar-refractivity contribution in [2.45, 2.75) is 18.7 Å². The highest BCUT2D eigenvalue weighted by Crippen LogP contribution is 2.23. The molecule has 2 rings (SSSR count). The molecule has 0 aliphatic rings. The average Bonchev–Trinajstić information content (AvgIpc) is 2.53. The van der Waals surface area contributed by atoms with Crippen molar-refractivity contribution < 1.29 is 18.3 Å². The van der Waals surface area contributed by atoms with Crippen LogP contribution in [0, 0.1) is 5.92 Å². The van der Waals surface area contributed by atoms with Crippen LogP contribution >= 0.6 is 0 Å². The fourth-order valence-electron chi connectivity index (χ4n) is 2.06. The summed E-state index contributed by atoms with van der Waals surface area (Å²) >= 11 is 0. The molecule has 0 saturated carbocycles. The summed E-state index contributed by atoms with van der Waals surface area (Å²) in [4.78, 5) is 11.4. The van der Waals surface area contributed by atoms with E-state index in [1.165, 1.54) is 12.1 Å². The normalized spacial score (nSPS) is 11.3. The predicted octanol–water partition coefficient (Wildman–Crippen LogP) is 3.25. The molecule has 0 spiro atoms. The molecule has 0 atom stereocenters. The highest BCUT2D eigenvalue weighted by Gasteiger charge is 2.19. The Balaban J connectivity index is 2.33. The van der Waals surface area contributed by atoms with E-state index in [2.05, 4.69) is 10.0 Å². The van der Waals surface area contributed by atoms with Gasteiger partial charge in [-0.3, -0.25) is 4.72 Å². The summed E-state index contributed by atoms with van der Waals surface area (Å²) in [6.07, 6.45) is 0. The maximum atomic E-state index is 12.4. The SMILES string of the molecule is CC(C)CNc1ccc(S(=O)(=O)Nc2ccccc2)cc1C(=O)O. The molecule has 2 aromatic carbocycles. The van der Waals surface area contributed by atoms with E-state index in [4.69, 9.17) is 0 Å². The lowest BCUT2D eigenvalue weighted by Gasteiger charge is -2.14. The Hall–Kier alpha value is -2.54. The molecule has 0 aliphatic carbocycles. The minimum atomic E-state index is -3.86. The maximum Gasteiger partial charge on any atom is 0.337 e. The van der Waals surface area contributed by atoms with Crippen molar-refractivity contribution in [2.24, 2.45) is 5.92 Å². The monoisotopic (exact) mass is 348 g/mol. The van der Waals surface area contributed by atoms with Crippen LogP contribution in [0.15, 0.2) is 53.4 Å². The summed E-state index contributed by atoms with van der Waals surface area (Å²) in [5.74, 6) is -0.854. The van der Waals surface area contributed by atoms with Crippen LogP contribution in [-0.4, -0.2) is 26.0 Å². The van der Waals surface area contributed by atoms with Gasteiger partial charge in [0.25, 0.3) is 10.0 Å². The molecule has 128 valence electrons. The molecule has 0 aliphatic heterocycles. The zero-order chi connectivity index (χ0) is 17.7. The molecule has 24 heavy (non-hydrogen) atoms. The quantitative estimate of drug-likeness (QED) is 0.714. The van der Waals surface area contributed by atoms with Gasteiger partial charge in [-0.1, -0.05) is 32.0 Å². The summed E-state index contributed by atoms with van der Waals surface area (Å²) in [5.41, 5.74) is 0.734. The molecular formula is C17H20N2O4S. The van der Waals surface area contributed by atoms with Gasteiger partial charge in [-0.15, -0.1) is 0 Å². The number of carboxylic acid groups (broad SMARTS) is 1. The second-order valence-electron chi connectivity index (χ2n) is 5.76. The largest absolute Gasteiger partial charge is 0.478 e. The second-order valence-corrected chi connectivity index (χ2v) is 7.44. The van der Waals surface area contributed by atoms with Gasteiger partial charge in [0.2, 0.25) is 0 Å². The summed E-state index contributed by atoms with van der Waals surface area (Å²) in [6, 6.07) is 12.5. The molecule has 0 bridgehead atoms. The van der Waals surface area contributed by atoms with Crippen LogP contribution in [0.5, 0.6) is 0 Å². The Kier molecular flexibility index (Phi) is 5.46. The van der Waals surface area contributed by atoms with Crippen molar-refractivity contribution in [3.8, 4) is 0 Å². The van der Waals surface area contributed by atoms with Gasteiger partial charge >= 0.3 is 5.97 Å². The maximum absolute atomic E-state index is 12.4. The first kappa shape index (κ1) is 17.8. The van der Waals surface area contributed by atoms with Gasteiger partial charge in [0, 0.05) is 17.9 Å². The third-order valence-corrected chi connectivity index (χ3v) is 4.64. The van der Waals surface area contributed by atoms with E-state index in [1.807, 2.05) is 13.8 Å². The van der Waals surface area contributed by atoms with Crippen molar-refractivity contribution in [1.29, 1.82) is 0 Å². The Morgan fingerprint density at radius 2 is 1.79 bits per heavy atom. The number of sulfonamides is 1. The molecule has 7 heteroatoms. The van der Waals surface area contributed by atoms with Gasteiger partial charge in [-0.25, -0.2) is 13.2 Å². The number of para-hydroxylation sites is 1.